The van der Waals surface area contributed by atoms with Crippen LogP contribution in [0.4, 0.5) is 0 Å². The number of aliphatic carboxylic acids is 2. The molecule has 0 unspecified atom stereocenters. The Morgan fingerprint density at radius 3 is 2.35 bits per heavy atom. The fourth-order valence-electron chi connectivity index (χ4n) is 4.45. The van der Waals surface area contributed by atoms with E-state index in [1.165, 1.54) is 0 Å². The zero-order valence-corrected chi connectivity index (χ0v) is 17.4. The monoisotopic (exact) mass is 431 g/mol. The smallest absolute Gasteiger partial charge is 0.326 e. The van der Waals surface area contributed by atoms with Crippen LogP contribution >= 0.6 is 0 Å². The molecule has 2 saturated heterocycles. The highest BCUT2D eigenvalue weighted by atomic mass is 16.4. The van der Waals surface area contributed by atoms with Gasteiger partial charge in [0.1, 0.15) is 6.04 Å². The molecule has 2 atom stereocenters. The largest absolute Gasteiger partial charge is 0.481 e. The van der Waals surface area contributed by atoms with E-state index in [4.69, 9.17) is 5.11 Å². The number of nitrogens with one attached hydrogen (secondary N) is 2. The normalized spacial score (nSPS) is 21.3. The molecule has 3 rings (SSSR count). The standard InChI is InChI=1S/C22H29N3O6/c26-18(27)9-8-17(20(29)30)24-21(31)22(15-5-2-1-3-6-15)10-13-25(14-11-22)19(28)16-7-4-12-23-16/h1-3,5-6,16-17,23H,4,7-14H2,(H,24,31)(H,26,27)(H,29,30)/t16-,17-/m0/s1. The maximum Gasteiger partial charge on any atom is 0.326 e. The number of hydrogen-bond acceptors (Lipinski definition) is 5. The van der Waals surface area contributed by atoms with Crippen molar-refractivity contribution in [2.75, 3.05) is 19.6 Å². The van der Waals surface area contributed by atoms with E-state index in [9.17, 15) is 24.3 Å². The van der Waals surface area contributed by atoms with Crippen LogP contribution in [0.15, 0.2) is 30.3 Å². The van der Waals surface area contributed by atoms with Gasteiger partial charge in [0.15, 0.2) is 0 Å². The summed E-state index contributed by atoms with van der Waals surface area (Å²) in [6, 6.07) is 7.70. The van der Waals surface area contributed by atoms with Gasteiger partial charge in [0.05, 0.1) is 11.5 Å². The first-order valence-electron chi connectivity index (χ1n) is 10.7. The predicted molar refractivity (Wildman–Crippen MR) is 111 cm³/mol. The molecular weight excluding hydrogens is 402 g/mol. The van der Waals surface area contributed by atoms with E-state index in [0.717, 1.165) is 24.9 Å². The van der Waals surface area contributed by atoms with Gasteiger partial charge in [-0.3, -0.25) is 14.4 Å². The highest BCUT2D eigenvalue weighted by Gasteiger charge is 2.45. The van der Waals surface area contributed by atoms with Gasteiger partial charge in [0, 0.05) is 19.5 Å². The van der Waals surface area contributed by atoms with Crippen LogP contribution in [0.1, 0.15) is 44.1 Å². The maximum atomic E-state index is 13.4. The van der Waals surface area contributed by atoms with Crippen molar-refractivity contribution in [3.8, 4) is 0 Å². The number of benzene rings is 1. The molecule has 168 valence electrons. The molecule has 2 amide bonds. The molecule has 0 saturated carbocycles. The molecule has 9 nitrogen and oxygen atoms in total. The average molecular weight is 431 g/mol. The van der Waals surface area contributed by atoms with Crippen LogP contribution < -0.4 is 10.6 Å². The zero-order valence-electron chi connectivity index (χ0n) is 17.4. The van der Waals surface area contributed by atoms with Crippen molar-refractivity contribution in [3.05, 3.63) is 35.9 Å². The highest BCUT2D eigenvalue weighted by molar-refractivity contribution is 5.92. The molecule has 0 bridgehead atoms. The van der Waals surface area contributed by atoms with E-state index < -0.39 is 29.3 Å². The van der Waals surface area contributed by atoms with Gasteiger partial charge in [0.25, 0.3) is 0 Å². The second kappa shape index (κ2) is 9.91. The summed E-state index contributed by atoms with van der Waals surface area (Å²) in [5.74, 6) is -2.78. The predicted octanol–water partition coefficient (Wildman–Crippen LogP) is 0.733. The van der Waals surface area contributed by atoms with Crippen molar-refractivity contribution in [1.29, 1.82) is 0 Å². The van der Waals surface area contributed by atoms with Crippen LogP contribution in [0.25, 0.3) is 0 Å². The lowest BCUT2D eigenvalue weighted by atomic mass is 9.71. The van der Waals surface area contributed by atoms with Crippen molar-refractivity contribution in [3.63, 3.8) is 0 Å². The van der Waals surface area contributed by atoms with E-state index in [1.807, 2.05) is 30.3 Å². The molecule has 1 aromatic rings. The van der Waals surface area contributed by atoms with Crippen LogP contribution in [0.5, 0.6) is 0 Å². The quantitative estimate of drug-likeness (QED) is 0.476. The van der Waals surface area contributed by atoms with Crippen molar-refractivity contribution in [2.45, 2.75) is 56.0 Å². The number of hydrogen-bond donors (Lipinski definition) is 4. The Labute approximate surface area is 180 Å². The Kier molecular flexibility index (Phi) is 7.27. The lowest BCUT2D eigenvalue weighted by Crippen LogP contribution is -2.57. The number of carboxylic acid groups (broad SMARTS) is 2. The lowest BCUT2D eigenvalue weighted by molar-refractivity contribution is -0.144. The minimum Gasteiger partial charge on any atom is -0.481 e. The average Bonchev–Trinajstić information content (AvgIpc) is 3.31. The zero-order chi connectivity index (χ0) is 22.4. The Morgan fingerprint density at radius 1 is 1.13 bits per heavy atom. The number of amides is 2. The van der Waals surface area contributed by atoms with Gasteiger partial charge in [-0.1, -0.05) is 30.3 Å². The number of likely N-dealkylation sites (tertiary alicyclic amines) is 1. The summed E-state index contributed by atoms with van der Waals surface area (Å²) in [4.78, 5) is 50.4. The third-order valence-corrected chi connectivity index (χ3v) is 6.30. The van der Waals surface area contributed by atoms with Gasteiger partial charge in [-0.25, -0.2) is 4.79 Å². The summed E-state index contributed by atoms with van der Waals surface area (Å²) >= 11 is 0. The summed E-state index contributed by atoms with van der Waals surface area (Å²) in [5.41, 5.74) is -0.209. The first-order chi connectivity index (χ1) is 14.8. The van der Waals surface area contributed by atoms with Gasteiger partial charge < -0.3 is 25.7 Å². The summed E-state index contributed by atoms with van der Waals surface area (Å²) in [6.07, 6.45) is 1.96. The third kappa shape index (κ3) is 5.22. The van der Waals surface area contributed by atoms with E-state index in [0.29, 0.717) is 25.9 Å². The fourth-order valence-corrected chi connectivity index (χ4v) is 4.45. The van der Waals surface area contributed by atoms with E-state index in [2.05, 4.69) is 10.6 Å². The molecule has 4 N–H and O–H groups in total. The third-order valence-electron chi connectivity index (χ3n) is 6.30. The van der Waals surface area contributed by atoms with E-state index in [1.54, 1.807) is 4.90 Å². The summed E-state index contributed by atoms with van der Waals surface area (Å²) < 4.78 is 0. The summed E-state index contributed by atoms with van der Waals surface area (Å²) in [7, 11) is 0. The van der Waals surface area contributed by atoms with Gasteiger partial charge in [-0.15, -0.1) is 0 Å². The highest BCUT2D eigenvalue weighted by Crippen LogP contribution is 2.36. The first-order valence-corrected chi connectivity index (χ1v) is 10.7. The van der Waals surface area contributed by atoms with Crippen molar-refractivity contribution in [1.82, 2.24) is 15.5 Å². The van der Waals surface area contributed by atoms with Crippen LogP contribution in [-0.2, 0) is 24.6 Å². The van der Waals surface area contributed by atoms with Gasteiger partial charge in [0.2, 0.25) is 11.8 Å². The Balaban J connectivity index is 1.77. The molecule has 0 spiro atoms. The van der Waals surface area contributed by atoms with Crippen molar-refractivity contribution >= 4 is 23.8 Å². The van der Waals surface area contributed by atoms with Gasteiger partial charge >= 0.3 is 11.9 Å². The molecule has 2 aliphatic heterocycles. The van der Waals surface area contributed by atoms with Crippen molar-refractivity contribution in [2.24, 2.45) is 0 Å². The summed E-state index contributed by atoms with van der Waals surface area (Å²) in [6.45, 7) is 1.62. The number of nitrogens with zero attached hydrogens (tertiary/aromatic N) is 1. The molecule has 2 heterocycles. The topological polar surface area (TPSA) is 136 Å². The Morgan fingerprint density at radius 2 is 1.81 bits per heavy atom. The SMILES string of the molecule is O=C(O)CC[C@H](NC(=O)C1(c2ccccc2)CCN(C(=O)[C@@H]2CCCN2)CC1)C(=O)O. The van der Waals surface area contributed by atoms with Crippen LogP contribution in [0, 0.1) is 0 Å². The number of carboxylic acids is 2. The minimum atomic E-state index is -1.29. The number of piperidine rings is 1. The Bertz CT molecular complexity index is 814. The lowest BCUT2D eigenvalue weighted by Gasteiger charge is -2.42. The Hall–Kier alpha value is -2.94. The molecular formula is C22H29N3O6. The van der Waals surface area contributed by atoms with E-state index >= 15 is 0 Å². The first kappa shape index (κ1) is 22.7. The molecule has 0 radical (unpaired) electrons. The molecule has 0 aromatic heterocycles. The number of carbonyl (C=O) groups excluding carboxylic acids is 2. The maximum absolute atomic E-state index is 13.4. The van der Waals surface area contributed by atoms with Crippen LogP contribution in [0.2, 0.25) is 0 Å². The van der Waals surface area contributed by atoms with Crippen LogP contribution in [0.3, 0.4) is 0 Å². The van der Waals surface area contributed by atoms with E-state index in [-0.39, 0.29) is 24.8 Å². The number of rotatable bonds is 8. The molecule has 31 heavy (non-hydrogen) atoms. The molecule has 2 aliphatic rings. The second-order valence-corrected chi connectivity index (χ2v) is 8.22. The van der Waals surface area contributed by atoms with Crippen molar-refractivity contribution < 1.29 is 29.4 Å². The second-order valence-electron chi connectivity index (χ2n) is 8.22. The molecule has 1 aromatic carbocycles. The van der Waals surface area contributed by atoms with Gasteiger partial charge in [-0.2, -0.15) is 0 Å². The molecule has 9 heteroatoms. The molecule has 2 fully saturated rings. The summed E-state index contributed by atoms with van der Waals surface area (Å²) in [5, 5.41) is 24.1. The molecule has 0 aliphatic carbocycles. The minimum absolute atomic E-state index is 0.0458. The fraction of sp³-hybridized carbons (Fsp3) is 0.545. The van der Waals surface area contributed by atoms with Gasteiger partial charge in [-0.05, 0) is 44.2 Å². The van der Waals surface area contributed by atoms with Crippen LogP contribution in [-0.4, -0.2) is 70.6 Å². The number of carbonyl (C=O) groups is 4.